The Morgan fingerprint density at radius 1 is 1.24 bits per heavy atom. The van der Waals surface area contributed by atoms with Crippen molar-refractivity contribution in [3.8, 4) is 5.75 Å². The molecular formula is C20H21N3O6. The summed E-state index contributed by atoms with van der Waals surface area (Å²) in [6.45, 7) is 3.63. The average molecular weight is 399 g/mol. The lowest BCUT2D eigenvalue weighted by molar-refractivity contribution is -0.384. The lowest BCUT2D eigenvalue weighted by Gasteiger charge is -2.23. The molecule has 2 aromatic carbocycles. The summed E-state index contributed by atoms with van der Waals surface area (Å²) in [4.78, 5) is 35.3. The highest BCUT2D eigenvalue weighted by molar-refractivity contribution is 5.81. The van der Waals surface area contributed by atoms with Crippen LogP contribution < -0.4 is 15.8 Å². The number of non-ortho nitro benzene ring substituents is 1. The van der Waals surface area contributed by atoms with E-state index in [0.29, 0.717) is 5.75 Å². The molecule has 9 nitrogen and oxygen atoms in total. The number of methoxy groups -OCH3 is 1. The number of hydrogen-bond acceptors (Lipinski definition) is 6. The van der Waals surface area contributed by atoms with Crippen molar-refractivity contribution < 1.29 is 18.9 Å². The summed E-state index contributed by atoms with van der Waals surface area (Å²) >= 11 is 0. The van der Waals surface area contributed by atoms with Gasteiger partial charge in [0.2, 0.25) is 5.91 Å². The largest absolute Gasteiger partial charge is 0.497 e. The van der Waals surface area contributed by atoms with Crippen molar-refractivity contribution in [2.24, 2.45) is 5.92 Å². The second kappa shape index (κ2) is 8.17. The van der Waals surface area contributed by atoms with Crippen LogP contribution in [0, 0.1) is 16.0 Å². The second-order valence-corrected chi connectivity index (χ2v) is 6.93. The Hall–Kier alpha value is -3.62. The van der Waals surface area contributed by atoms with Gasteiger partial charge in [-0.05, 0) is 29.7 Å². The van der Waals surface area contributed by atoms with Gasteiger partial charge in [-0.1, -0.05) is 26.0 Å². The van der Waals surface area contributed by atoms with Gasteiger partial charge in [0.05, 0.1) is 23.6 Å². The van der Waals surface area contributed by atoms with E-state index >= 15 is 0 Å². The third kappa shape index (κ3) is 4.29. The van der Waals surface area contributed by atoms with Crippen LogP contribution in [0.5, 0.6) is 5.75 Å². The summed E-state index contributed by atoms with van der Waals surface area (Å²) in [6, 6.07) is 10.9. The van der Waals surface area contributed by atoms with Crippen LogP contribution in [0.2, 0.25) is 0 Å². The number of nitrogens with one attached hydrogen (secondary N) is 1. The molecule has 1 N–H and O–H groups in total. The third-order valence-electron chi connectivity index (χ3n) is 4.62. The summed E-state index contributed by atoms with van der Waals surface area (Å²) in [6.07, 6.45) is 0. The Balaban J connectivity index is 1.84. The van der Waals surface area contributed by atoms with E-state index in [-0.39, 0.29) is 35.3 Å². The molecule has 0 aliphatic rings. The Bertz CT molecular complexity index is 1100. The first-order valence-corrected chi connectivity index (χ1v) is 9.01. The van der Waals surface area contributed by atoms with Crippen LogP contribution in [0.15, 0.2) is 51.7 Å². The van der Waals surface area contributed by atoms with E-state index in [4.69, 9.17) is 9.15 Å². The molecule has 0 saturated heterocycles. The van der Waals surface area contributed by atoms with Gasteiger partial charge in [-0.15, -0.1) is 0 Å². The first kappa shape index (κ1) is 20.1. The first-order chi connectivity index (χ1) is 13.8. The number of ether oxygens (including phenoxy) is 1. The molecule has 0 aliphatic heterocycles. The number of nitro benzene ring substituents is 1. The number of carbonyl (C=O) groups is 1. The molecule has 0 saturated carbocycles. The zero-order chi connectivity index (χ0) is 21.1. The van der Waals surface area contributed by atoms with E-state index < -0.39 is 16.6 Å². The predicted octanol–water partition coefficient (Wildman–Crippen LogP) is 3.02. The van der Waals surface area contributed by atoms with E-state index in [0.717, 1.165) is 10.1 Å². The minimum absolute atomic E-state index is 0.0891. The Morgan fingerprint density at radius 3 is 2.52 bits per heavy atom. The fourth-order valence-corrected chi connectivity index (χ4v) is 3.12. The zero-order valence-corrected chi connectivity index (χ0v) is 16.2. The van der Waals surface area contributed by atoms with Crippen LogP contribution in [0.1, 0.15) is 25.5 Å². The molecule has 3 aromatic rings. The molecule has 1 heterocycles. The van der Waals surface area contributed by atoms with Crippen molar-refractivity contribution in [1.82, 2.24) is 9.88 Å². The number of nitro groups is 1. The maximum Gasteiger partial charge on any atom is 0.420 e. The van der Waals surface area contributed by atoms with Gasteiger partial charge in [-0.25, -0.2) is 4.79 Å². The number of amides is 1. The molecule has 9 heteroatoms. The molecule has 0 aliphatic carbocycles. The van der Waals surface area contributed by atoms with Crippen LogP contribution in [-0.4, -0.2) is 22.5 Å². The summed E-state index contributed by atoms with van der Waals surface area (Å²) in [7, 11) is 1.58. The standard InChI is InChI=1S/C20H21N3O6/c1-12(2)19(13-4-7-15(28-3)8-5-13)21-18(24)11-22-16-10-14(23(26)27)6-9-17(16)29-20(22)25/h4-10,12,19H,11H2,1-3H3,(H,21,24). The van der Waals surface area contributed by atoms with Gasteiger partial charge in [0, 0.05) is 12.1 Å². The maximum atomic E-state index is 12.7. The monoisotopic (exact) mass is 399 g/mol. The number of rotatable bonds is 7. The minimum Gasteiger partial charge on any atom is -0.497 e. The van der Waals surface area contributed by atoms with Gasteiger partial charge >= 0.3 is 5.76 Å². The van der Waals surface area contributed by atoms with Crippen molar-refractivity contribution >= 4 is 22.7 Å². The number of hydrogen-bond donors (Lipinski definition) is 1. The molecule has 1 aromatic heterocycles. The Kier molecular flexibility index (Phi) is 5.67. The first-order valence-electron chi connectivity index (χ1n) is 9.01. The molecule has 1 amide bonds. The number of oxazole rings is 1. The molecule has 0 bridgehead atoms. The van der Waals surface area contributed by atoms with Crippen molar-refractivity contribution in [2.75, 3.05) is 7.11 Å². The number of aromatic nitrogens is 1. The van der Waals surface area contributed by atoms with Gasteiger partial charge in [0.15, 0.2) is 5.58 Å². The van der Waals surface area contributed by atoms with Gasteiger partial charge in [0.25, 0.3) is 5.69 Å². The molecule has 0 spiro atoms. The van der Waals surface area contributed by atoms with Crippen LogP contribution >= 0.6 is 0 Å². The molecule has 1 unspecified atom stereocenters. The van der Waals surface area contributed by atoms with Crippen molar-refractivity contribution in [1.29, 1.82) is 0 Å². The average Bonchev–Trinajstić information content (AvgIpc) is 3.00. The second-order valence-electron chi connectivity index (χ2n) is 6.93. The van der Waals surface area contributed by atoms with Crippen LogP contribution in [0.4, 0.5) is 5.69 Å². The minimum atomic E-state index is -0.749. The van der Waals surface area contributed by atoms with Crippen molar-refractivity contribution in [2.45, 2.75) is 26.4 Å². The molecular weight excluding hydrogens is 378 g/mol. The highest BCUT2D eigenvalue weighted by Crippen LogP contribution is 2.24. The van der Waals surface area contributed by atoms with E-state index in [1.807, 2.05) is 38.1 Å². The zero-order valence-electron chi connectivity index (χ0n) is 16.2. The van der Waals surface area contributed by atoms with Crippen LogP contribution in [-0.2, 0) is 11.3 Å². The topological polar surface area (TPSA) is 117 Å². The molecule has 152 valence electrons. The fourth-order valence-electron chi connectivity index (χ4n) is 3.12. The van der Waals surface area contributed by atoms with E-state index in [1.54, 1.807) is 7.11 Å². The smallest absolute Gasteiger partial charge is 0.420 e. The summed E-state index contributed by atoms with van der Waals surface area (Å²) in [5, 5.41) is 13.9. The molecule has 0 radical (unpaired) electrons. The number of carbonyl (C=O) groups excluding carboxylic acids is 1. The van der Waals surface area contributed by atoms with E-state index in [1.165, 1.54) is 18.2 Å². The van der Waals surface area contributed by atoms with Gasteiger partial charge < -0.3 is 14.5 Å². The van der Waals surface area contributed by atoms with E-state index in [9.17, 15) is 19.7 Å². The Morgan fingerprint density at radius 2 is 1.93 bits per heavy atom. The van der Waals surface area contributed by atoms with Gasteiger partial charge in [-0.3, -0.25) is 19.5 Å². The SMILES string of the molecule is COc1ccc(C(NC(=O)Cn2c(=O)oc3ccc([N+](=O)[O-])cc32)C(C)C)cc1. The number of nitrogens with zero attached hydrogens (tertiary/aromatic N) is 2. The normalized spacial score (nSPS) is 12.1. The van der Waals surface area contributed by atoms with Gasteiger partial charge in [0.1, 0.15) is 12.3 Å². The lowest BCUT2D eigenvalue weighted by atomic mass is 9.96. The Labute approximate surface area is 166 Å². The quantitative estimate of drug-likeness (QED) is 0.482. The van der Waals surface area contributed by atoms with Crippen LogP contribution in [0.3, 0.4) is 0 Å². The lowest BCUT2D eigenvalue weighted by Crippen LogP contribution is -2.35. The summed E-state index contributed by atoms with van der Waals surface area (Å²) in [5.74, 6) is -0.358. The van der Waals surface area contributed by atoms with Crippen LogP contribution in [0.25, 0.3) is 11.1 Å². The molecule has 3 rings (SSSR count). The molecule has 1 atom stereocenters. The molecule has 0 fully saturated rings. The summed E-state index contributed by atoms with van der Waals surface area (Å²) in [5.41, 5.74) is 1.09. The highest BCUT2D eigenvalue weighted by atomic mass is 16.6. The fraction of sp³-hybridized carbons (Fsp3) is 0.300. The van der Waals surface area contributed by atoms with Gasteiger partial charge in [-0.2, -0.15) is 0 Å². The maximum absolute atomic E-state index is 12.7. The van der Waals surface area contributed by atoms with E-state index in [2.05, 4.69) is 5.32 Å². The molecule has 29 heavy (non-hydrogen) atoms. The third-order valence-corrected chi connectivity index (χ3v) is 4.62. The van der Waals surface area contributed by atoms with Crippen molar-refractivity contribution in [3.05, 3.63) is 68.7 Å². The van der Waals surface area contributed by atoms with Crippen molar-refractivity contribution in [3.63, 3.8) is 0 Å². The predicted molar refractivity (Wildman–Crippen MR) is 106 cm³/mol. The number of fused-ring (bicyclic) bond motifs is 1. The summed E-state index contributed by atoms with van der Waals surface area (Å²) < 4.78 is 11.3. The number of benzene rings is 2. The highest BCUT2D eigenvalue weighted by Gasteiger charge is 2.21.